The topological polar surface area (TPSA) is 23.6 Å². The van der Waals surface area contributed by atoms with Gasteiger partial charge in [0.25, 0.3) is 0 Å². The zero-order valence-electron chi connectivity index (χ0n) is 20.3. The van der Waals surface area contributed by atoms with Crippen LogP contribution in [0.5, 0.6) is 0 Å². The van der Waals surface area contributed by atoms with E-state index < -0.39 is 37.3 Å². The Morgan fingerprint density at radius 3 is 1.57 bits per heavy atom. The van der Waals surface area contributed by atoms with Crippen molar-refractivity contribution in [2.45, 2.75) is 24.7 Å². The van der Waals surface area contributed by atoms with Gasteiger partial charge in [-0.1, -0.05) is 48.5 Å². The number of nitrogens with zero attached hydrogens (tertiary/aromatic N) is 2. The quantitative estimate of drug-likeness (QED) is 0.318. The van der Waals surface area contributed by atoms with E-state index in [1.807, 2.05) is 12.1 Å². The van der Waals surface area contributed by atoms with E-state index in [4.69, 9.17) is 0 Å². The summed E-state index contributed by atoms with van der Waals surface area (Å²) in [4.78, 5) is 15.6. The van der Waals surface area contributed by atoms with Gasteiger partial charge < -0.3 is 9.80 Å². The number of fused-ring (bicyclic) bond motifs is 1. The van der Waals surface area contributed by atoms with E-state index in [9.17, 15) is 31.1 Å². The van der Waals surface area contributed by atoms with Crippen molar-refractivity contribution in [3.8, 4) is 0 Å². The molecule has 1 unspecified atom stereocenters. The minimum atomic E-state index is -4.35. The fourth-order valence-electron chi connectivity index (χ4n) is 4.99. The molecule has 0 aromatic heterocycles. The van der Waals surface area contributed by atoms with Gasteiger partial charge >= 0.3 is 12.4 Å². The molecule has 1 aliphatic carbocycles. The molecule has 1 atom stereocenters. The normalized spacial score (nSPS) is 15.7. The van der Waals surface area contributed by atoms with Crippen molar-refractivity contribution < 1.29 is 31.1 Å². The zero-order chi connectivity index (χ0) is 27.0. The van der Waals surface area contributed by atoms with Gasteiger partial charge in [-0.3, -0.25) is 4.79 Å². The summed E-state index contributed by atoms with van der Waals surface area (Å²) in [7, 11) is 2.71. The van der Waals surface area contributed by atoms with Crippen LogP contribution >= 0.6 is 0 Å². The summed E-state index contributed by atoms with van der Waals surface area (Å²) >= 11 is 0. The minimum Gasteiger partial charge on any atom is -0.366 e. The van der Waals surface area contributed by atoms with Crippen molar-refractivity contribution in [2.24, 2.45) is 5.92 Å². The number of benzene rings is 3. The Balaban J connectivity index is 1.67. The summed E-state index contributed by atoms with van der Waals surface area (Å²) in [5, 5.41) is 0. The maximum Gasteiger partial charge on any atom is 0.405 e. The lowest BCUT2D eigenvalue weighted by Crippen LogP contribution is -2.31. The van der Waals surface area contributed by atoms with E-state index >= 15 is 0 Å². The number of Topliss-reactive ketones (excluding diaryl/α,β-unsaturated/α-hetero) is 1. The molecule has 3 aromatic rings. The van der Waals surface area contributed by atoms with Crippen LogP contribution in [0.4, 0.5) is 37.7 Å². The van der Waals surface area contributed by atoms with Crippen molar-refractivity contribution in [3.05, 3.63) is 95.1 Å². The first kappa shape index (κ1) is 26.6. The van der Waals surface area contributed by atoms with Crippen LogP contribution in [0.2, 0.25) is 0 Å². The summed E-state index contributed by atoms with van der Waals surface area (Å²) < 4.78 is 77.0. The second-order valence-electron chi connectivity index (χ2n) is 9.44. The van der Waals surface area contributed by atoms with Crippen molar-refractivity contribution in [1.82, 2.24) is 0 Å². The van der Waals surface area contributed by atoms with Crippen molar-refractivity contribution in [1.29, 1.82) is 0 Å². The molecule has 0 bridgehead atoms. The molecule has 0 heterocycles. The fraction of sp³-hybridized carbons (Fsp3) is 0.321. The molecule has 3 aromatic carbocycles. The molecule has 0 spiro atoms. The number of carbonyl (C=O) groups is 1. The Hall–Kier alpha value is -3.49. The Labute approximate surface area is 211 Å². The van der Waals surface area contributed by atoms with Crippen LogP contribution in [0.25, 0.3) is 0 Å². The lowest BCUT2D eigenvalue weighted by molar-refractivity contribution is -0.120. The van der Waals surface area contributed by atoms with E-state index in [1.165, 1.54) is 14.1 Å². The molecule has 37 heavy (non-hydrogen) atoms. The lowest BCUT2D eigenvalue weighted by Gasteiger charge is -2.26. The molecule has 0 amide bonds. The number of rotatable bonds is 7. The SMILES string of the molecule is CN(CC(F)(F)F)c1ccc(C(c2ccc(N(C)CC(F)(F)F)cc2)C2Cc3ccccc3C2=O)cc1. The van der Waals surface area contributed by atoms with Crippen LogP contribution in [-0.2, 0) is 6.42 Å². The fourth-order valence-corrected chi connectivity index (χ4v) is 4.99. The van der Waals surface area contributed by atoms with Gasteiger partial charge in [0, 0.05) is 42.9 Å². The van der Waals surface area contributed by atoms with Gasteiger partial charge in [0.15, 0.2) is 5.78 Å². The largest absolute Gasteiger partial charge is 0.405 e. The highest BCUT2D eigenvalue weighted by atomic mass is 19.4. The second-order valence-corrected chi connectivity index (χ2v) is 9.44. The molecule has 4 rings (SSSR count). The molecule has 0 fully saturated rings. The van der Waals surface area contributed by atoms with Gasteiger partial charge in [-0.2, -0.15) is 26.3 Å². The van der Waals surface area contributed by atoms with Crippen LogP contribution in [0.3, 0.4) is 0 Å². The molecular weight excluding hydrogens is 494 g/mol. The lowest BCUT2D eigenvalue weighted by atomic mass is 9.78. The van der Waals surface area contributed by atoms with E-state index in [0.717, 1.165) is 26.5 Å². The minimum absolute atomic E-state index is 0.0304. The highest BCUT2D eigenvalue weighted by Gasteiger charge is 2.38. The average molecular weight is 521 g/mol. The number of alkyl halides is 6. The van der Waals surface area contributed by atoms with Crippen molar-refractivity contribution in [3.63, 3.8) is 0 Å². The third-order valence-electron chi connectivity index (χ3n) is 6.68. The summed E-state index contributed by atoms with van der Waals surface area (Å²) in [6, 6.07) is 20.5. The molecule has 0 aliphatic heterocycles. The second kappa shape index (κ2) is 10.1. The smallest absolute Gasteiger partial charge is 0.366 e. The molecule has 0 N–H and O–H groups in total. The van der Waals surface area contributed by atoms with E-state index in [1.54, 1.807) is 60.7 Å². The first-order chi connectivity index (χ1) is 17.3. The molecule has 0 radical (unpaired) electrons. The monoisotopic (exact) mass is 520 g/mol. The first-order valence-electron chi connectivity index (χ1n) is 11.7. The van der Waals surface area contributed by atoms with Crippen LogP contribution in [0.1, 0.15) is 33.0 Å². The molecule has 9 heteroatoms. The highest BCUT2D eigenvalue weighted by molar-refractivity contribution is 6.03. The molecule has 1 aliphatic rings. The summed E-state index contributed by atoms with van der Waals surface area (Å²) in [5.41, 5.74) is 3.81. The maximum absolute atomic E-state index is 13.4. The molecule has 0 saturated heterocycles. The van der Waals surface area contributed by atoms with E-state index in [2.05, 4.69) is 0 Å². The van der Waals surface area contributed by atoms with Crippen LogP contribution in [0, 0.1) is 5.92 Å². The zero-order valence-corrected chi connectivity index (χ0v) is 20.3. The Kier molecular flexibility index (Phi) is 7.26. The first-order valence-corrected chi connectivity index (χ1v) is 11.7. The van der Waals surface area contributed by atoms with Crippen molar-refractivity contribution >= 4 is 17.2 Å². The number of hydrogen-bond donors (Lipinski definition) is 0. The average Bonchev–Trinajstić information content (AvgIpc) is 3.14. The predicted molar refractivity (Wildman–Crippen MR) is 131 cm³/mol. The standard InChI is InChI=1S/C28H26F6N2O/c1-35(16-27(29,30)31)21-11-7-18(8-12-21)25(24-15-20-5-3-4-6-23(20)26(24)37)19-9-13-22(14-10-19)36(2)17-28(32,33)34/h3-14,24-25H,15-17H2,1-2H3. The third kappa shape index (κ3) is 6.26. The Morgan fingerprint density at radius 2 is 1.16 bits per heavy atom. The predicted octanol–water partition coefficient (Wildman–Crippen LogP) is 6.87. The van der Waals surface area contributed by atoms with Gasteiger partial charge in [0.05, 0.1) is 0 Å². The molecule has 196 valence electrons. The summed E-state index contributed by atoms with van der Waals surface area (Å²) in [6.45, 7) is -2.20. The Bertz CT molecular complexity index is 1170. The molecule has 0 saturated carbocycles. The number of anilines is 2. The van der Waals surface area contributed by atoms with E-state index in [-0.39, 0.29) is 5.78 Å². The van der Waals surface area contributed by atoms with Crippen molar-refractivity contribution in [2.75, 3.05) is 37.0 Å². The summed E-state index contributed by atoms with van der Waals surface area (Å²) in [6.07, 6.45) is -8.21. The number of carbonyl (C=O) groups excluding carboxylic acids is 1. The maximum atomic E-state index is 13.4. The van der Waals surface area contributed by atoms with Gasteiger partial charge in [0.2, 0.25) is 0 Å². The number of hydrogen-bond acceptors (Lipinski definition) is 3. The molecule has 3 nitrogen and oxygen atoms in total. The van der Waals surface area contributed by atoms with Crippen LogP contribution in [0.15, 0.2) is 72.8 Å². The van der Waals surface area contributed by atoms with Gasteiger partial charge in [-0.05, 0) is 47.4 Å². The van der Waals surface area contributed by atoms with Crippen LogP contribution < -0.4 is 9.80 Å². The highest BCUT2D eigenvalue weighted by Crippen LogP contribution is 2.41. The number of ketones is 1. The summed E-state index contributed by atoms with van der Waals surface area (Å²) in [5.74, 6) is -0.907. The Morgan fingerprint density at radius 1 is 0.730 bits per heavy atom. The van der Waals surface area contributed by atoms with Gasteiger partial charge in [-0.25, -0.2) is 0 Å². The third-order valence-corrected chi connectivity index (χ3v) is 6.68. The number of halogens is 6. The van der Waals surface area contributed by atoms with Gasteiger partial charge in [0.1, 0.15) is 13.1 Å². The van der Waals surface area contributed by atoms with Gasteiger partial charge in [-0.15, -0.1) is 0 Å². The molecular formula is C28H26F6N2O. The van der Waals surface area contributed by atoms with E-state index in [0.29, 0.717) is 23.4 Å². The van der Waals surface area contributed by atoms with Crippen LogP contribution in [-0.4, -0.2) is 45.3 Å².